The van der Waals surface area contributed by atoms with Crippen LogP contribution in [0.15, 0.2) is 48.7 Å². The summed E-state index contributed by atoms with van der Waals surface area (Å²) in [5.41, 5.74) is 0.618. The summed E-state index contributed by atoms with van der Waals surface area (Å²) in [5.74, 6) is -1.09. The number of rotatable bonds is 2. The third kappa shape index (κ3) is 2.83. The van der Waals surface area contributed by atoms with Crippen molar-refractivity contribution >= 4 is 34.2 Å². The summed E-state index contributed by atoms with van der Waals surface area (Å²) in [7, 11) is 0. The summed E-state index contributed by atoms with van der Waals surface area (Å²) in [5, 5.41) is 3.60. The Morgan fingerprint density at radius 3 is 2.90 bits per heavy atom. The summed E-state index contributed by atoms with van der Waals surface area (Å²) in [6.45, 7) is 0. The van der Waals surface area contributed by atoms with E-state index in [4.69, 9.17) is 11.6 Å². The number of nitrogens with zero attached hydrogens (tertiary/aromatic N) is 2. The van der Waals surface area contributed by atoms with Crippen molar-refractivity contribution in [1.82, 2.24) is 9.97 Å². The van der Waals surface area contributed by atoms with Gasteiger partial charge >= 0.3 is 0 Å². The number of nitrogens with one attached hydrogen (secondary N) is 1. The Labute approximate surface area is 124 Å². The molecule has 1 aromatic carbocycles. The minimum atomic E-state index is -0.563. The number of benzene rings is 1. The Morgan fingerprint density at radius 2 is 2.05 bits per heavy atom. The van der Waals surface area contributed by atoms with Crippen molar-refractivity contribution in [3.8, 4) is 0 Å². The number of halogens is 2. The maximum absolute atomic E-state index is 13.6. The number of carbonyl (C=O) groups excluding carboxylic acids is 1. The topological polar surface area (TPSA) is 54.9 Å². The van der Waals surface area contributed by atoms with E-state index < -0.39 is 11.7 Å². The zero-order valence-corrected chi connectivity index (χ0v) is 11.4. The number of hydrogen-bond acceptors (Lipinski definition) is 3. The van der Waals surface area contributed by atoms with Gasteiger partial charge in [0.15, 0.2) is 5.65 Å². The first-order valence-electron chi connectivity index (χ1n) is 6.12. The number of carbonyl (C=O) groups is 1. The van der Waals surface area contributed by atoms with E-state index in [1.165, 1.54) is 18.2 Å². The summed E-state index contributed by atoms with van der Waals surface area (Å²) in [6, 6.07) is 10.9. The highest BCUT2D eigenvalue weighted by molar-refractivity contribution is 6.31. The van der Waals surface area contributed by atoms with Crippen LogP contribution in [0.1, 0.15) is 10.5 Å². The lowest BCUT2D eigenvalue weighted by molar-refractivity contribution is 0.102. The highest BCUT2D eigenvalue weighted by Crippen LogP contribution is 2.20. The van der Waals surface area contributed by atoms with E-state index in [0.717, 1.165) is 5.39 Å². The van der Waals surface area contributed by atoms with Gasteiger partial charge < -0.3 is 5.32 Å². The van der Waals surface area contributed by atoms with Gasteiger partial charge in [-0.15, -0.1) is 0 Å². The van der Waals surface area contributed by atoms with E-state index >= 15 is 0 Å². The third-order valence-electron chi connectivity index (χ3n) is 2.87. The first-order chi connectivity index (χ1) is 10.1. The van der Waals surface area contributed by atoms with Crippen molar-refractivity contribution in [2.45, 2.75) is 0 Å². The lowest BCUT2D eigenvalue weighted by atomic mass is 10.2. The van der Waals surface area contributed by atoms with Crippen LogP contribution in [0, 0.1) is 5.82 Å². The second kappa shape index (κ2) is 5.46. The number of pyridine rings is 2. The van der Waals surface area contributed by atoms with Crippen molar-refractivity contribution in [2.24, 2.45) is 0 Å². The first-order valence-corrected chi connectivity index (χ1v) is 6.49. The predicted molar refractivity (Wildman–Crippen MR) is 78.9 cm³/mol. The Hall–Kier alpha value is -2.53. The summed E-state index contributed by atoms with van der Waals surface area (Å²) >= 11 is 5.78. The van der Waals surface area contributed by atoms with Gasteiger partial charge in [-0.05, 0) is 42.5 Å². The van der Waals surface area contributed by atoms with Gasteiger partial charge in [0, 0.05) is 16.6 Å². The molecule has 0 radical (unpaired) electrons. The van der Waals surface area contributed by atoms with Crippen LogP contribution in [0.3, 0.4) is 0 Å². The van der Waals surface area contributed by atoms with Crippen LogP contribution >= 0.6 is 11.6 Å². The molecule has 0 aliphatic heterocycles. The van der Waals surface area contributed by atoms with Crippen LogP contribution in [0.2, 0.25) is 5.02 Å². The van der Waals surface area contributed by atoms with E-state index in [1.807, 2.05) is 6.07 Å². The molecule has 3 rings (SSSR count). The van der Waals surface area contributed by atoms with Gasteiger partial charge in [-0.2, -0.15) is 0 Å². The van der Waals surface area contributed by atoms with Gasteiger partial charge in [-0.1, -0.05) is 11.6 Å². The molecular formula is C15H9ClFN3O. The van der Waals surface area contributed by atoms with Gasteiger partial charge in [-0.3, -0.25) is 4.79 Å². The van der Waals surface area contributed by atoms with Crippen molar-refractivity contribution in [1.29, 1.82) is 0 Å². The molecule has 0 saturated carbocycles. The molecular weight excluding hydrogens is 293 g/mol. The molecule has 0 fully saturated rings. The highest BCUT2D eigenvalue weighted by atomic mass is 35.5. The standard InChI is InChI=1S/C15H9ClFN3O/c16-10-4-5-11(17)13(8-10)20-15(21)12-6-3-9-2-1-7-18-14(9)19-12/h1-8H,(H,20,21). The zero-order chi connectivity index (χ0) is 14.8. The average molecular weight is 302 g/mol. The second-order valence-electron chi connectivity index (χ2n) is 4.32. The molecule has 3 aromatic rings. The van der Waals surface area contributed by atoms with Crippen molar-refractivity contribution in [3.63, 3.8) is 0 Å². The molecule has 0 bridgehead atoms. The molecule has 2 heterocycles. The summed E-state index contributed by atoms with van der Waals surface area (Å²) in [4.78, 5) is 20.3. The van der Waals surface area contributed by atoms with Crippen LogP contribution in [0.4, 0.5) is 10.1 Å². The summed E-state index contributed by atoms with van der Waals surface area (Å²) < 4.78 is 13.6. The maximum atomic E-state index is 13.6. The second-order valence-corrected chi connectivity index (χ2v) is 4.76. The predicted octanol–water partition coefficient (Wildman–Crippen LogP) is 3.67. The van der Waals surface area contributed by atoms with Gasteiger partial charge in [0.2, 0.25) is 0 Å². The third-order valence-corrected chi connectivity index (χ3v) is 3.11. The number of aromatic nitrogens is 2. The van der Waals surface area contributed by atoms with Crippen LogP contribution in [-0.2, 0) is 0 Å². The molecule has 0 atom stereocenters. The molecule has 2 aromatic heterocycles. The lowest BCUT2D eigenvalue weighted by Crippen LogP contribution is -2.14. The number of amides is 1. The molecule has 0 saturated heterocycles. The van der Waals surface area contributed by atoms with Crippen LogP contribution in [-0.4, -0.2) is 15.9 Å². The quantitative estimate of drug-likeness (QED) is 0.785. The fraction of sp³-hybridized carbons (Fsp3) is 0. The smallest absolute Gasteiger partial charge is 0.274 e. The average Bonchev–Trinajstić information content (AvgIpc) is 2.50. The van der Waals surface area contributed by atoms with Crippen molar-refractivity contribution in [2.75, 3.05) is 5.32 Å². The number of anilines is 1. The van der Waals surface area contributed by atoms with Gasteiger partial charge in [0.25, 0.3) is 5.91 Å². The Bertz CT molecular complexity index is 838. The lowest BCUT2D eigenvalue weighted by Gasteiger charge is -2.07. The molecule has 6 heteroatoms. The van der Waals surface area contributed by atoms with Gasteiger partial charge in [-0.25, -0.2) is 14.4 Å². The summed E-state index contributed by atoms with van der Waals surface area (Å²) in [6.07, 6.45) is 1.59. The molecule has 0 spiro atoms. The van der Waals surface area contributed by atoms with E-state index in [1.54, 1.807) is 24.4 Å². The SMILES string of the molecule is O=C(Nc1cc(Cl)ccc1F)c1ccc2cccnc2n1. The Morgan fingerprint density at radius 1 is 1.19 bits per heavy atom. The molecule has 0 aliphatic carbocycles. The monoisotopic (exact) mass is 301 g/mol. The molecule has 0 aliphatic rings. The first kappa shape index (κ1) is 13.5. The van der Waals surface area contributed by atoms with E-state index in [9.17, 15) is 9.18 Å². The van der Waals surface area contributed by atoms with Gasteiger partial charge in [0.1, 0.15) is 11.5 Å². The van der Waals surface area contributed by atoms with E-state index in [2.05, 4.69) is 15.3 Å². The molecule has 1 amide bonds. The fourth-order valence-electron chi connectivity index (χ4n) is 1.86. The Kier molecular flexibility index (Phi) is 3.50. The van der Waals surface area contributed by atoms with E-state index in [0.29, 0.717) is 10.7 Å². The van der Waals surface area contributed by atoms with Gasteiger partial charge in [0.05, 0.1) is 5.69 Å². The minimum absolute atomic E-state index is 0.00965. The fourth-order valence-corrected chi connectivity index (χ4v) is 2.03. The number of fused-ring (bicyclic) bond motifs is 1. The van der Waals surface area contributed by atoms with Crippen LogP contribution < -0.4 is 5.32 Å². The molecule has 21 heavy (non-hydrogen) atoms. The molecule has 0 unspecified atom stereocenters. The number of hydrogen-bond donors (Lipinski definition) is 1. The molecule has 104 valence electrons. The largest absolute Gasteiger partial charge is 0.318 e. The zero-order valence-electron chi connectivity index (χ0n) is 10.7. The van der Waals surface area contributed by atoms with Crippen LogP contribution in [0.25, 0.3) is 11.0 Å². The molecule has 4 nitrogen and oxygen atoms in total. The Balaban J connectivity index is 1.91. The van der Waals surface area contributed by atoms with Crippen molar-refractivity contribution < 1.29 is 9.18 Å². The van der Waals surface area contributed by atoms with Crippen molar-refractivity contribution in [3.05, 3.63) is 65.2 Å². The van der Waals surface area contributed by atoms with E-state index in [-0.39, 0.29) is 11.4 Å². The normalized spacial score (nSPS) is 10.6. The minimum Gasteiger partial charge on any atom is -0.318 e. The molecule has 1 N–H and O–H groups in total. The highest BCUT2D eigenvalue weighted by Gasteiger charge is 2.12. The maximum Gasteiger partial charge on any atom is 0.274 e. The van der Waals surface area contributed by atoms with Crippen LogP contribution in [0.5, 0.6) is 0 Å².